The summed E-state index contributed by atoms with van der Waals surface area (Å²) in [5.41, 5.74) is 2.28. The van der Waals surface area contributed by atoms with Crippen LogP contribution in [0.15, 0.2) is 18.2 Å². The second-order valence-electron chi connectivity index (χ2n) is 4.72. The Labute approximate surface area is 119 Å². The number of hydrogen-bond donors (Lipinski definition) is 2. The quantitative estimate of drug-likeness (QED) is 0.824. The van der Waals surface area contributed by atoms with Crippen molar-refractivity contribution in [3.63, 3.8) is 0 Å². The molecule has 0 radical (unpaired) electrons. The first-order valence-corrected chi connectivity index (χ1v) is 6.71. The number of amides is 2. The second-order valence-corrected chi connectivity index (χ2v) is 4.72. The van der Waals surface area contributed by atoms with Crippen LogP contribution in [0.1, 0.15) is 25.0 Å². The van der Waals surface area contributed by atoms with Gasteiger partial charge in [-0.15, -0.1) is 0 Å². The van der Waals surface area contributed by atoms with Gasteiger partial charge in [-0.05, 0) is 51.0 Å². The molecule has 1 aromatic carbocycles. The third kappa shape index (κ3) is 4.91. The molecule has 0 aromatic heterocycles. The summed E-state index contributed by atoms with van der Waals surface area (Å²) >= 11 is 0. The number of rotatable bonds is 6. The van der Waals surface area contributed by atoms with Gasteiger partial charge in [0.2, 0.25) is 5.91 Å². The molecule has 0 aliphatic heterocycles. The van der Waals surface area contributed by atoms with Crippen molar-refractivity contribution in [2.75, 3.05) is 13.2 Å². The molecule has 110 valence electrons. The summed E-state index contributed by atoms with van der Waals surface area (Å²) in [7, 11) is 0. The predicted molar refractivity (Wildman–Crippen MR) is 77.7 cm³/mol. The van der Waals surface area contributed by atoms with E-state index < -0.39 is 6.04 Å². The average molecular weight is 278 g/mol. The number of nitrogens with one attached hydrogen (secondary N) is 2. The Kier molecular flexibility index (Phi) is 6.03. The summed E-state index contributed by atoms with van der Waals surface area (Å²) in [6.45, 7) is 7.90. The van der Waals surface area contributed by atoms with E-state index in [4.69, 9.17) is 4.74 Å². The molecule has 2 amide bonds. The first kappa shape index (κ1) is 16.0. The fraction of sp³-hybridized carbons (Fsp3) is 0.467. The van der Waals surface area contributed by atoms with Gasteiger partial charge < -0.3 is 15.4 Å². The summed E-state index contributed by atoms with van der Waals surface area (Å²) in [6.07, 6.45) is 0. The monoisotopic (exact) mass is 278 g/mol. The number of likely N-dealkylation sites (N-methyl/N-ethyl adjacent to an activating group) is 1. The Balaban J connectivity index is 2.43. The largest absolute Gasteiger partial charge is 0.484 e. The van der Waals surface area contributed by atoms with Gasteiger partial charge in [0.05, 0.1) is 0 Å². The normalized spacial score (nSPS) is 11.6. The minimum atomic E-state index is -0.564. The van der Waals surface area contributed by atoms with Crippen LogP contribution in [0.4, 0.5) is 0 Å². The summed E-state index contributed by atoms with van der Waals surface area (Å²) < 4.78 is 5.40. The summed E-state index contributed by atoms with van der Waals surface area (Å²) in [5, 5.41) is 5.23. The van der Waals surface area contributed by atoms with Crippen molar-refractivity contribution in [1.82, 2.24) is 10.6 Å². The lowest BCUT2D eigenvalue weighted by molar-refractivity contribution is -0.129. The van der Waals surface area contributed by atoms with Crippen LogP contribution in [-0.2, 0) is 9.59 Å². The van der Waals surface area contributed by atoms with Crippen LogP contribution in [0, 0.1) is 13.8 Å². The number of hydrogen-bond acceptors (Lipinski definition) is 3. The molecule has 1 rings (SSSR count). The van der Waals surface area contributed by atoms with Gasteiger partial charge in [-0.1, -0.05) is 6.07 Å². The molecule has 0 aliphatic carbocycles. The molecule has 0 saturated carbocycles. The van der Waals surface area contributed by atoms with E-state index in [1.54, 1.807) is 6.92 Å². The highest BCUT2D eigenvalue weighted by Gasteiger charge is 2.14. The average Bonchev–Trinajstić information content (AvgIpc) is 2.40. The van der Waals surface area contributed by atoms with Crippen molar-refractivity contribution < 1.29 is 14.3 Å². The Bertz CT molecular complexity index is 486. The molecule has 0 saturated heterocycles. The van der Waals surface area contributed by atoms with E-state index in [1.165, 1.54) is 5.56 Å². The summed E-state index contributed by atoms with van der Waals surface area (Å²) in [4.78, 5) is 23.1. The molecule has 2 N–H and O–H groups in total. The van der Waals surface area contributed by atoms with Crippen molar-refractivity contribution in [2.45, 2.75) is 33.7 Å². The number of benzene rings is 1. The van der Waals surface area contributed by atoms with Crippen LogP contribution in [0.3, 0.4) is 0 Å². The van der Waals surface area contributed by atoms with E-state index in [0.717, 1.165) is 5.56 Å². The van der Waals surface area contributed by atoms with E-state index >= 15 is 0 Å². The van der Waals surface area contributed by atoms with Crippen LogP contribution in [-0.4, -0.2) is 31.0 Å². The van der Waals surface area contributed by atoms with Gasteiger partial charge in [-0.2, -0.15) is 0 Å². The molecule has 0 fully saturated rings. The zero-order chi connectivity index (χ0) is 15.1. The van der Waals surface area contributed by atoms with Crippen molar-refractivity contribution in [1.29, 1.82) is 0 Å². The third-order valence-corrected chi connectivity index (χ3v) is 2.97. The number of carbonyl (C=O) groups excluding carboxylic acids is 2. The number of carbonyl (C=O) groups is 2. The molecule has 0 unspecified atom stereocenters. The minimum Gasteiger partial charge on any atom is -0.484 e. The molecule has 0 bridgehead atoms. The van der Waals surface area contributed by atoms with Gasteiger partial charge in [0.1, 0.15) is 11.8 Å². The third-order valence-electron chi connectivity index (χ3n) is 2.97. The van der Waals surface area contributed by atoms with E-state index in [-0.39, 0.29) is 18.4 Å². The zero-order valence-electron chi connectivity index (χ0n) is 12.4. The van der Waals surface area contributed by atoms with Crippen LogP contribution in [0.2, 0.25) is 0 Å². The Hall–Kier alpha value is -2.04. The van der Waals surface area contributed by atoms with E-state index in [2.05, 4.69) is 10.6 Å². The summed E-state index contributed by atoms with van der Waals surface area (Å²) in [6, 6.07) is 5.09. The molecule has 1 aromatic rings. The molecule has 5 heteroatoms. The zero-order valence-corrected chi connectivity index (χ0v) is 12.4. The first-order chi connectivity index (χ1) is 9.43. The molecular formula is C15H22N2O3. The second kappa shape index (κ2) is 7.53. The maximum Gasteiger partial charge on any atom is 0.258 e. The molecular weight excluding hydrogens is 256 g/mol. The molecule has 0 heterocycles. The van der Waals surface area contributed by atoms with Gasteiger partial charge >= 0.3 is 0 Å². The highest BCUT2D eigenvalue weighted by molar-refractivity contribution is 5.87. The van der Waals surface area contributed by atoms with E-state index in [9.17, 15) is 9.59 Å². The van der Waals surface area contributed by atoms with Crippen molar-refractivity contribution in [3.8, 4) is 5.75 Å². The fourth-order valence-corrected chi connectivity index (χ4v) is 1.63. The lowest BCUT2D eigenvalue weighted by atomic mass is 10.1. The van der Waals surface area contributed by atoms with Gasteiger partial charge in [-0.3, -0.25) is 9.59 Å². The molecule has 0 aliphatic rings. The van der Waals surface area contributed by atoms with Crippen molar-refractivity contribution >= 4 is 11.8 Å². The Morgan fingerprint density at radius 3 is 2.55 bits per heavy atom. The van der Waals surface area contributed by atoms with E-state index in [1.807, 2.05) is 39.0 Å². The number of ether oxygens (including phenoxy) is 1. The van der Waals surface area contributed by atoms with Crippen LogP contribution in [0.5, 0.6) is 5.75 Å². The highest BCUT2D eigenvalue weighted by Crippen LogP contribution is 2.16. The fourth-order valence-electron chi connectivity index (χ4n) is 1.63. The van der Waals surface area contributed by atoms with Gasteiger partial charge in [0.15, 0.2) is 6.61 Å². The standard InChI is InChI=1S/C15H22N2O3/c1-5-16-15(19)12(4)17-14(18)9-20-13-7-6-10(2)11(3)8-13/h6-8,12H,5,9H2,1-4H3,(H,16,19)(H,17,18)/t12-/m1/s1. The SMILES string of the molecule is CCNC(=O)[C@@H](C)NC(=O)COc1ccc(C)c(C)c1. The first-order valence-electron chi connectivity index (χ1n) is 6.71. The summed E-state index contributed by atoms with van der Waals surface area (Å²) in [5.74, 6) is 0.128. The number of aryl methyl sites for hydroxylation is 2. The topological polar surface area (TPSA) is 67.4 Å². The Morgan fingerprint density at radius 2 is 1.95 bits per heavy atom. The van der Waals surface area contributed by atoms with Gasteiger partial charge in [-0.25, -0.2) is 0 Å². The highest BCUT2D eigenvalue weighted by atomic mass is 16.5. The lowest BCUT2D eigenvalue weighted by Gasteiger charge is -2.14. The predicted octanol–water partition coefficient (Wildman–Crippen LogP) is 1.32. The van der Waals surface area contributed by atoms with E-state index in [0.29, 0.717) is 12.3 Å². The van der Waals surface area contributed by atoms with Gasteiger partial charge in [0.25, 0.3) is 5.91 Å². The Morgan fingerprint density at radius 1 is 1.25 bits per heavy atom. The van der Waals surface area contributed by atoms with Crippen LogP contribution >= 0.6 is 0 Å². The molecule has 5 nitrogen and oxygen atoms in total. The van der Waals surface area contributed by atoms with Crippen LogP contribution < -0.4 is 15.4 Å². The molecule has 20 heavy (non-hydrogen) atoms. The van der Waals surface area contributed by atoms with Gasteiger partial charge in [0, 0.05) is 6.54 Å². The van der Waals surface area contributed by atoms with Crippen molar-refractivity contribution in [3.05, 3.63) is 29.3 Å². The minimum absolute atomic E-state index is 0.105. The van der Waals surface area contributed by atoms with Crippen LogP contribution in [0.25, 0.3) is 0 Å². The molecule has 0 spiro atoms. The maximum absolute atomic E-state index is 11.7. The van der Waals surface area contributed by atoms with Crippen molar-refractivity contribution in [2.24, 2.45) is 0 Å². The molecule has 1 atom stereocenters. The smallest absolute Gasteiger partial charge is 0.258 e. The maximum atomic E-state index is 11.7. The lowest BCUT2D eigenvalue weighted by Crippen LogP contribution is -2.46.